The quantitative estimate of drug-likeness (QED) is 0.363. The molecule has 1 unspecified atom stereocenters. The molecule has 7 rings (SSSR count). The van der Waals surface area contributed by atoms with Crippen LogP contribution in [0.5, 0.6) is 5.75 Å². The van der Waals surface area contributed by atoms with Gasteiger partial charge in [-0.2, -0.15) is 0 Å². The number of hydrogen-bond acceptors (Lipinski definition) is 5. The minimum atomic E-state index is -2.83. The van der Waals surface area contributed by atoms with Crippen LogP contribution in [0.25, 0.3) is 0 Å². The van der Waals surface area contributed by atoms with E-state index in [1.165, 1.54) is 11.1 Å². The second-order valence-corrected chi connectivity index (χ2v) is 16.4. The van der Waals surface area contributed by atoms with Crippen molar-refractivity contribution in [3.05, 3.63) is 58.1 Å². The Morgan fingerprint density at radius 2 is 1.86 bits per heavy atom. The molecule has 2 N–H and O–H groups in total. The van der Waals surface area contributed by atoms with Gasteiger partial charge in [-0.1, -0.05) is 30.5 Å². The fourth-order valence-electron chi connectivity index (χ4n) is 8.80. The Morgan fingerprint density at radius 3 is 2.67 bits per heavy atom. The number of carbonyl (C=O) groups excluding carboxylic acids is 1. The zero-order valence-electron chi connectivity index (χ0n) is 24.4. The molecule has 226 valence electrons. The Kier molecular flexibility index (Phi) is 7.51. The number of fused-ring (bicyclic) bond motifs is 5. The molecule has 2 aromatic carbocycles. The molecule has 0 aromatic heterocycles. The van der Waals surface area contributed by atoms with Crippen molar-refractivity contribution in [3.63, 3.8) is 0 Å². The summed E-state index contributed by atoms with van der Waals surface area (Å²) in [6.07, 6.45) is 10.4. The summed E-state index contributed by atoms with van der Waals surface area (Å²) in [7, 11) is -2.83. The Labute approximate surface area is 255 Å². The molecule has 2 heterocycles. The molecular formula is C34H43ClN2O4S. The number of aliphatic hydroxyl groups excluding tert-OH is 1. The third-order valence-electron chi connectivity index (χ3n) is 11.1. The van der Waals surface area contributed by atoms with E-state index in [0.29, 0.717) is 18.1 Å². The molecular weight excluding hydrogens is 568 g/mol. The van der Waals surface area contributed by atoms with Crippen molar-refractivity contribution < 1.29 is 18.8 Å². The van der Waals surface area contributed by atoms with E-state index in [-0.39, 0.29) is 34.5 Å². The predicted octanol–water partition coefficient (Wildman–Crippen LogP) is 5.91. The summed E-state index contributed by atoms with van der Waals surface area (Å²) < 4.78 is 23.3. The van der Waals surface area contributed by atoms with Crippen molar-refractivity contribution in [2.75, 3.05) is 24.6 Å². The van der Waals surface area contributed by atoms with Gasteiger partial charge in [-0.3, -0.25) is 9.52 Å². The number of anilines is 1. The van der Waals surface area contributed by atoms with Crippen LogP contribution in [-0.4, -0.2) is 52.1 Å². The van der Waals surface area contributed by atoms with E-state index < -0.39 is 9.71 Å². The lowest BCUT2D eigenvalue weighted by Gasteiger charge is -2.46. The molecule has 0 saturated heterocycles. The molecule has 2 fully saturated rings. The van der Waals surface area contributed by atoms with Gasteiger partial charge in [-0.25, -0.2) is 4.21 Å². The number of nitrogens with one attached hydrogen (secondary N) is 1. The summed E-state index contributed by atoms with van der Waals surface area (Å²) in [4.78, 5) is 16.0. The van der Waals surface area contributed by atoms with Crippen LogP contribution in [0.3, 0.4) is 0 Å². The first-order valence-electron chi connectivity index (χ1n) is 15.9. The lowest BCUT2D eigenvalue weighted by Crippen LogP contribution is -2.49. The van der Waals surface area contributed by atoms with Gasteiger partial charge in [0.15, 0.2) is 0 Å². The maximum Gasteiger partial charge on any atom is 0.262 e. The Balaban J connectivity index is 1.28. The van der Waals surface area contributed by atoms with E-state index >= 15 is 0 Å². The van der Waals surface area contributed by atoms with E-state index in [1.807, 2.05) is 18.2 Å². The monoisotopic (exact) mass is 610 g/mol. The maximum atomic E-state index is 13.9. The average Bonchev–Trinajstić information content (AvgIpc) is 3.37. The number of rotatable bonds is 0. The van der Waals surface area contributed by atoms with Gasteiger partial charge in [-0.15, -0.1) is 0 Å². The van der Waals surface area contributed by atoms with Crippen LogP contribution >= 0.6 is 11.6 Å². The third kappa shape index (κ3) is 5.13. The van der Waals surface area contributed by atoms with Crippen molar-refractivity contribution in [1.82, 2.24) is 4.72 Å². The molecule has 8 heteroatoms. The van der Waals surface area contributed by atoms with E-state index in [4.69, 9.17) is 16.3 Å². The van der Waals surface area contributed by atoms with Crippen LogP contribution in [-0.2, 0) is 21.5 Å². The van der Waals surface area contributed by atoms with Crippen molar-refractivity contribution in [1.29, 1.82) is 0 Å². The van der Waals surface area contributed by atoms with Crippen molar-refractivity contribution in [3.8, 4) is 5.75 Å². The minimum absolute atomic E-state index is 0.122. The maximum absolute atomic E-state index is 13.9. The number of aliphatic hydroxyl groups is 1. The summed E-state index contributed by atoms with van der Waals surface area (Å²) in [6.45, 7) is 2.14. The number of aryl methyl sites for hydroxylation is 1. The van der Waals surface area contributed by atoms with Crippen LogP contribution in [0.1, 0.15) is 85.7 Å². The van der Waals surface area contributed by atoms with Gasteiger partial charge in [0.2, 0.25) is 0 Å². The number of nitrogens with zero attached hydrogens (tertiary/aromatic N) is 1. The predicted molar refractivity (Wildman–Crippen MR) is 170 cm³/mol. The molecule has 2 bridgehead atoms. The highest BCUT2D eigenvalue weighted by molar-refractivity contribution is 7.99. The lowest BCUT2D eigenvalue weighted by atomic mass is 9.68. The first-order valence-corrected chi connectivity index (χ1v) is 18.1. The second kappa shape index (κ2) is 11.0. The highest BCUT2D eigenvalue weighted by atomic mass is 35.5. The summed E-state index contributed by atoms with van der Waals surface area (Å²) >= 11 is 6.41. The third-order valence-corrected chi connectivity index (χ3v) is 13.5. The van der Waals surface area contributed by atoms with E-state index in [1.54, 1.807) is 6.07 Å². The highest BCUT2D eigenvalue weighted by Crippen LogP contribution is 2.47. The van der Waals surface area contributed by atoms with Crippen LogP contribution in [0.2, 0.25) is 5.02 Å². The fraction of sp³-hybridized carbons (Fsp3) is 0.588. The molecule has 42 heavy (non-hydrogen) atoms. The zero-order chi connectivity index (χ0) is 29.1. The van der Waals surface area contributed by atoms with E-state index in [2.05, 4.69) is 27.6 Å². The standard InChI is InChI=1S/C34H43ClN2O4S/c1-42(40)32-9-3-6-22(32)5-2-8-30(38)27-13-10-25(27)19-37-20-34(16-4-7-23-17-26(35)12-14-28(23)34)21-41-31-15-11-24(18-29(31)37)33(39)36-42/h11-12,14-15,17-18,22,25,27,30,32,38H,1-10,13,16,19-21H2,(H,36,39,40)/t22-,25-,27+,30-,32-,34-,42?/m0/s1. The summed E-state index contributed by atoms with van der Waals surface area (Å²) in [5.74, 6) is 5.45. The normalized spacial score (nSPS) is 36.5. The summed E-state index contributed by atoms with van der Waals surface area (Å²) in [5.41, 5.74) is 3.80. The minimum Gasteiger partial charge on any atom is -0.490 e. The van der Waals surface area contributed by atoms with Crippen LogP contribution in [0.15, 0.2) is 36.4 Å². The molecule has 3 aliphatic carbocycles. The molecule has 7 atom stereocenters. The molecule has 1 spiro atoms. The Morgan fingerprint density at radius 1 is 1.02 bits per heavy atom. The van der Waals surface area contributed by atoms with Gasteiger partial charge in [0.1, 0.15) is 5.75 Å². The number of benzene rings is 2. The first-order chi connectivity index (χ1) is 20.2. The van der Waals surface area contributed by atoms with Gasteiger partial charge in [0.05, 0.1) is 28.1 Å². The summed E-state index contributed by atoms with van der Waals surface area (Å²) in [6, 6.07) is 11.9. The zero-order valence-corrected chi connectivity index (χ0v) is 25.9. The number of ether oxygens (including phenoxy) is 1. The Bertz CT molecular complexity index is 1480. The summed E-state index contributed by atoms with van der Waals surface area (Å²) in [5, 5.41) is 12.0. The number of hydrogen-bond donors (Lipinski definition) is 2. The topological polar surface area (TPSA) is 78.9 Å². The van der Waals surface area contributed by atoms with E-state index in [9.17, 15) is 14.1 Å². The smallest absolute Gasteiger partial charge is 0.262 e. The fourth-order valence-corrected chi connectivity index (χ4v) is 11.0. The molecule has 2 saturated carbocycles. The molecule has 1 amide bonds. The molecule has 2 aliphatic heterocycles. The SMILES string of the molecule is C=S1(=O)NC(=O)c2ccc3c(c2)N(C[C@@H]2CC[C@H]2[C@@H](O)CCC[C@H]2CCC[C@@H]21)C[C@@]1(CCCc2cc(Cl)ccc21)CO3. The van der Waals surface area contributed by atoms with Crippen LogP contribution in [0.4, 0.5) is 5.69 Å². The largest absolute Gasteiger partial charge is 0.490 e. The Hall–Kier alpha value is -2.22. The molecule has 6 nitrogen and oxygen atoms in total. The lowest BCUT2D eigenvalue weighted by molar-refractivity contribution is 0.00853. The van der Waals surface area contributed by atoms with Crippen LogP contribution < -0.4 is 14.4 Å². The highest BCUT2D eigenvalue weighted by Gasteiger charge is 2.44. The number of carbonyl (C=O) groups is 1. The van der Waals surface area contributed by atoms with E-state index in [0.717, 1.165) is 100 Å². The van der Waals surface area contributed by atoms with Crippen molar-refractivity contribution in [2.24, 2.45) is 17.8 Å². The molecule has 5 aliphatic rings. The first kappa shape index (κ1) is 28.5. The van der Waals surface area contributed by atoms with Crippen molar-refractivity contribution >= 4 is 38.8 Å². The van der Waals surface area contributed by atoms with Gasteiger partial charge in [0.25, 0.3) is 5.91 Å². The van der Waals surface area contributed by atoms with Gasteiger partial charge < -0.3 is 14.7 Å². The average molecular weight is 611 g/mol. The molecule has 2 aromatic rings. The second-order valence-electron chi connectivity index (χ2n) is 13.7. The van der Waals surface area contributed by atoms with Crippen molar-refractivity contribution in [2.45, 2.75) is 87.4 Å². The number of amides is 1. The van der Waals surface area contributed by atoms with Gasteiger partial charge in [0, 0.05) is 34.3 Å². The number of halogens is 1. The van der Waals surface area contributed by atoms with Gasteiger partial charge in [-0.05, 0) is 123 Å². The molecule has 0 radical (unpaired) electrons. The van der Waals surface area contributed by atoms with Crippen LogP contribution in [0, 0.1) is 17.8 Å². The van der Waals surface area contributed by atoms with Gasteiger partial charge >= 0.3 is 0 Å².